The third-order valence-electron chi connectivity index (χ3n) is 5.87. The van der Waals surface area contributed by atoms with E-state index < -0.39 is 12.2 Å². The molecule has 1 heterocycles. The number of hydrazone groups is 1. The largest absolute Gasteiger partial charge is 0.446 e. The number of hydrogen-bond acceptors (Lipinski definition) is 6. The fourth-order valence-electron chi connectivity index (χ4n) is 4.21. The molecule has 8 nitrogen and oxygen atoms in total. The molecule has 2 amide bonds. The van der Waals surface area contributed by atoms with Crippen LogP contribution in [0.5, 0.6) is 5.75 Å². The highest BCUT2D eigenvalue weighted by Gasteiger charge is 2.35. The van der Waals surface area contributed by atoms with Gasteiger partial charge < -0.3 is 14.8 Å². The molecule has 1 aliphatic heterocycles. The molecule has 38 heavy (non-hydrogen) atoms. The predicted molar refractivity (Wildman–Crippen MR) is 144 cm³/mol. The summed E-state index contributed by atoms with van der Waals surface area (Å²) in [6.07, 6.45) is -0.913. The molecule has 4 aromatic rings. The summed E-state index contributed by atoms with van der Waals surface area (Å²) in [5, 5.41) is 10.5. The lowest BCUT2D eigenvalue weighted by Gasteiger charge is -2.20. The molecule has 0 radical (unpaired) electrons. The smallest absolute Gasteiger partial charge is 0.308 e. The summed E-state index contributed by atoms with van der Waals surface area (Å²) in [4.78, 5) is 37.2. The van der Waals surface area contributed by atoms with Gasteiger partial charge in [-0.2, -0.15) is 5.01 Å². The molecule has 9 heteroatoms. The van der Waals surface area contributed by atoms with Crippen molar-refractivity contribution in [1.29, 1.82) is 0 Å². The Kier molecular flexibility index (Phi) is 6.81. The average Bonchev–Trinajstić information content (AvgIpc) is 3.34. The van der Waals surface area contributed by atoms with E-state index in [4.69, 9.17) is 21.1 Å². The minimum Gasteiger partial charge on any atom is -0.446 e. The first kappa shape index (κ1) is 25.0. The summed E-state index contributed by atoms with van der Waals surface area (Å²) in [5.74, 6) is -0.835. The highest BCUT2D eigenvalue weighted by atomic mass is 35.5. The summed E-state index contributed by atoms with van der Waals surface area (Å²) in [6, 6.07) is 24.7. The van der Waals surface area contributed by atoms with Crippen LogP contribution < -0.4 is 10.1 Å². The zero-order valence-electron chi connectivity index (χ0n) is 20.5. The molecule has 0 bridgehead atoms. The Morgan fingerprint density at radius 2 is 1.71 bits per heavy atom. The van der Waals surface area contributed by atoms with Crippen molar-refractivity contribution >= 4 is 51.7 Å². The van der Waals surface area contributed by atoms with E-state index in [0.717, 1.165) is 10.8 Å². The fraction of sp³-hybridized carbons (Fsp3) is 0.103. The molecule has 0 aliphatic carbocycles. The lowest BCUT2D eigenvalue weighted by molar-refractivity contribution is -0.135. The summed E-state index contributed by atoms with van der Waals surface area (Å²) < 4.78 is 11.7. The number of amides is 2. The molecule has 1 aliphatic rings. The van der Waals surface area contributed by atoms with Crippen LogP contribution in [0.2, 0.25) is 5.02 Å². The van der Waals surface area contributed by atoms with Gasteiger partial charge in [0.15, 0.2) is 0 Å². The number of rotatable bonds is 5. The molecule has 5 rings (SSSR count). The summed E-state index contributed by atoms with van der Waals surface area (Å²) in [7, 11) is 0. The second kappa shape index (κ2) is 10.4. The Labute approximate surface area is 223 Å². The summed E-state index contributed by atoms with van der Waals surface area (Å²) >= 11 is 6.16. The van der Waals surface area contributed by atoms with Gasteiger partial charge in [-0.3, -0.25) is 14.4 Å². The number of halogens is 1. The SMILES string of the molecule is CC(=O)Oc1ccc2ccccc2c1C1=NN(C(C)=O)[C@H](c2cccc(NC(=O)c3ccccc3Cl)c2)O1. The van der Waals surface area contributed by atoms with E-state index in [9.17, 15) is 14.4 Å². The Morgan fingerprint density at radius 3 is 2.47 bits per heavy atom. The van der Waals surface area contributed by atoms with Crippen LogP contribution in [-0.2, 0) is 14.3 Å². The van der Waals surface area contributed by atoms with Gasteiger partial charge in [0.25, 0.3) is 5.91 Å². The first-order valence-electron chi connectivity index (χ1n) is 11.7. The van der Waals surface area contributed by atoms with E-state index in [2.05, 4.69) is 10.4 Å². The van der Waals surface area contributed by atoms with E-state index in [0.29, 0.717) is 27.4 Å². The molecule has 190 valence electrons. The van der Waals surface area contributed by atoms with Crippen LogP contribution in [0.3, 0.4) is 0 Å². The molecule has 4 aromatic carbocycles. The van der Waals surface area contributed by atoms with E-state index >= 15 is 0 Å². The average molecular weight is 528 g/mol. The van der Waals surface area contributed by atoms with Crippen molar-refractivity contribution < 1.29 is 23.9 Å². The second-order valence-electron chi connectivity index (χ2n) is 8.55. The Hall–Kier alpha value is -4.69. The lowest BCUT2D eigenvalue weighted by atomic mass is 10.0. The van der Waals surface area contributed by atoms with E-state index in [1.54, 1.807) is 54.6 Å². The van der Waals surface area contributed by atoms with Gasteiger partial charge in [-0.15, -0.1) is 5.10 Å². The van der Waals surface area contributed by atoms with E-state index in [1.807, 2.05) is 30.3 Å². The number of carbonyl (C=O) groups is 3. The number of nitrogens with one attached hydrogen (secondary N) is 1. The van der Waals surface area contributed by atoms with Gasteiger partial charge in [0.2, 0.25) is 18.0 Å². The van der Waals surface area contributed by atoms with Crippen molar-refractivity contribution in [2.24, 2.45) is 5.10 Å². The van der Waals surface area contributed by atoms with Gasteiger partial charge >= 0.3 is 5.97 Å². The molecule has 0 fully saturated rings. The maximum Gasteiger partial charge on any atom is 0.308 e. The Balaban J connectivity index is 1.50. The van der Waals surface area contributed by atoms with Crippen LogP contribution in [0.1, 0.15) is 41.6 Å². The van der Waals surface area contributed by atoms with Crippen molar-refractivity contribution in [2.45, 2.75) is 20.1 Å². The quantitative estimate of drug-likeness (QED) is 0.257. The molecule has 0 spiro atoms. The molecule has 0 saturated heterocycles. The number of fused-ring (bicyclic) bond motifs is 1. The Morgan fingerprint density at radius 1 is 0.947 bits per heavy atom. The number of anilines is 1. The third kappa shape index (κ3) is 4.94. The van der Waals surface area contributed by atoms with E-state index in [-0.39, 0.29) is 23.5 Å². The van der Waals surface area contributed by atoms with Crippen LogP contribution in [-0.4, -0.2) is 28.7 Å². The molecular weight excluding hydrogens is 506 g/mol. The molecular formula is C29H22ClN3O5. The maximum atomic E-state index is 12.8. The Bertz CT molecular complexity index is 1620. The number of esters is 1. The van der Waals surface area contributed by atoms with Gasteiger partial charge in [-0.1, -0.05) is 66.2 Å². The van der Waals surface area contributed by atoms with Crippen molar-refractivity contribution in [3.8, 4) is 5.75 Å². The number of nitrogens with zero attached hydrogens (tertiary/aromatic N) is 2. The summed E-state index contributed by atoms with van der Waals surface area (Å²) in [6.45, 7) is 2.69. The van der Waals surface area contributed by atoms with E-state index in [1.165, 1.54) is 18.9 Å². The molecule has 1 N–H and O–H groups in total. The number of hydrogen-bond donors (Lipinski definition) is 1. The maximum absolute atomic E-state index is 12.8. The van der Waals surface area contributed by atoms with Crippen LogP contribution in [0, 0.1) is 0 Å². The van der Waals surface area contributed by atoms with Crippen molar-refractivity contribution in [1.82, 2.24) is 5.01 Å². The van der Waals surface area contributed by atoms with Crippen LogP contribution in [0.4, 0.5) is 5.69 Å². The number of ether oxygens (including phenoxy) is 2. The molecule has 0 saturated carbocycles. The minimum absolute atomic E-state index is 0.128. The van der Waals surface area contributed by atoms with Gasteiger partial charge in [0.05, 0.1) is 16.1 Å². The second-order valence-corrected chi connectivity index (χ2v) is 8.96. The number of benzene rings is 4. The van der Waals surface area contributed by atoms with Gasteiger partial charge in [0, 0.05) is 25.1 Å². The minimum atomic E-state index is -0.913. The summed E-state index contributed by atoms with van der Waals surface area (Å²) in [5.41, 5.74) is 1.85. The highest BCUT2D eigenvalue weighted by molar-refractivity contribution is 6.34. The van der Waals surface area contributed by atoms with Crippen LogP contribution in [0.15, 0.2) is 90.0 Å². The first-order valence-corrected chi connectivity index (χ1v) is 12.1. The van der Waals surface area contributed by atoms with Gasteiger partial charge in [-0.25, -0.2) is 0 Å². The third-order valence-corrected chi connectivity index (χ3v) is 6.20. The van der Waals surface area contributed by atoms with Crippen LogP contribution in [0.25, 0.3) is 10.8 Å². The van der Waals surface area contributed by atoms with Crippen molar-refractivity contribution in [2.75, 3.05) is 5.32 Å². The monoisotopic (exact) mass is 527 g/mol. The lowest BCUT2D eigenvalue weighted by Crippen LogP contribution is -2.25. The zero-order chi connectivity index (χ0) is 26.8. The number of carbonyl (C=O) groups excluding carboxylic acids is 3. The van der Waals surface area contributed by atoms with Crippen LogP contribution >= 0.6 is 11.6 Å². The predicted octanol–water partition coefficient (Wildman–Crippen LogP) is 5.91. The molecule has 0 unspecified atom stereocenters. The molecule has 1 atom stereocenters. The zero-order valence-corrected chi connectivity index (χ0v) is 21.2. The van der Waals surface area contributed by atoms with Crippen molar-refractivity contribution in [3.63, 3.8) is 0 Å². The fourth-order valence-corrected chi connectivity index (χ4v) is 4.43. The highest BCUT2D eigenvalue weighted by Crippen LogP contribution is 2.37. The molecule has 0 aromatic heterocycles. The van der Waals surface area contributed by atoms with Gasteiger partial charge in [0.1, 0.15) is 5.75 Å². The topological polar surface area (TPSA) is 97.3 Å². The normalized spacial score (nSPS) is 14.6. The standard InChI is InChI=1S/C29H22ClN3O5/c1-17(34)33-29(20-9-7-10-21(16-20)31-27(36)23-12-5-6-13-24(23)30)38-28(32-33)26-22-11-4-3-8-19(22)14-15-25(26)37-18(2)35/h3-16,29H,1-2H3,(H,31,36)/t29-/m0/s1. The van der Waals surface area contributed by atoms with Gasteiger partial charge in [-0.05, 0) is 41.1 Å². The van der Waals surface area contributed by atoms with Crippen molar-refractivity contribution in [3.05, 3.63) is 107 Å². The first-order chi connectivity index (χ1) is 18.3.